The number of aromatic nitrogens is 3. The molecule has 0 bridgehead atoms. The normalized spacial score (nSPS) is 20.4. The Bertz CT molecular complexity index is 1200. The smallest absolute Gasteiger partial charge is 0.254 e. The summed E-state index contributed by atoms with van der Waals surface area (Å²) < 4.78 is 34.2. The fourth-order valence-electron chi connectivity index (χ4n) is 4.24. The Hall–Kier alpha value is -2.82. The van der Waals surface area contributed by atoms with Gasteiger partial charge in [0.15, 0.2) is 11.5 Å². The van der Waals surface area contributed by atoms with E-state index in [4.69, 9.17) is 4.74 Å². The van der Waals surface area contributed by atoms with Gasteiger partial charge in [0.2, 0.25) is 10.0 Å². The average Bonchev–Trinajstić information content (AvgIpc) is 3.46. The van der Waals surface area contributed by atoms with Gasteiger partial charge in [-0.1, -0.05) is 6.07 Å². The van der Waals surface area contributed by atoms with Crippen molar-refractivity contribution in [1.82, 2.24) is 23.8 Å². The molecule has 2 saturated heterocycles. The first-order valence-corrected chi connectivity index (χ1v) is 11.8. The van der Waals surface area contributed by atoms with Crippen molar-refractivity contribution in [3.05, 3.63) is 60.0 Å². The number of nitrogens with zero attached hydrogens (tertiary/aromatic N) is 5. The van der Waals surface area contributed by atoms with E-state index in [9.17, 15) is 13.2 Å². The largest absolute Gasteiger partial charge is 0.379 e. The lowest BCUT2D eigenvalue weighted by Gasteiger charge is -2.26. The maximum absolute atomic E-state index is 13.2. The Morgan fingerprint density at radius 3 is 2.55 bits per heavy atom. The summed E-state index contributed by atoms with van der Waals surface area (Å²) in [7, 11) is -3.59. The first-order valence-electron chi connectivity index (χ1n) is 10.3. The van der Waals surface area contributed by atoms with E-state index < -0.39 is 10.0 Å². The van der Waals surface area contributed by atoms with Gasteiger partial charge in [-0.2, -0.15) is 4.31 Å². The number of fused-ring (bicyclic) bond motifs is 1. The van der Waals surface area contributed by atoms with Crippen LogP contribution in [-0.4, -0.2) is 71.0 Å². The van der Waals surface area contributed by atoms with E-state index in [-0.39, 0.29) is 16.8 Å². The van der Waals surface area contributed by atoms with Crippen molar-refractivity contribution < 1.29 is 17.9 Å². The topological polar surface area (TPSA) is 97.1 Å². The first kappa shape index (κ1) is 20.1. The number of benzene rings is 1. The van der Waals surface area contributed by atoms with Gasteiger partial charge < -0.3 is 9.64 Å². The number of sulfonamides is 1. The highest BCUT2D eigenvalue weighted by Crippen LogP contribution is 2.32. The van der Waals surface area contributed by atoms with E-state index in [0.29, 0.717) is 38.4 Å². The molecule has 2 aromatic heterocycles. The van der Waals surface area contributed by atoms with Gasteiger partial charge in [-0.05, 0) is 49.2 Å². The van der Waals surface area contributed by atoms with Crippen LogP contribution in [0.25, 0.3) is 5.65 Å². The SMILES string of the molecule is O=C(c1ccc(S(=O)(=O)N2CCOCC2)cc1)N1CCC[C@@H]1c1nnc2ccccn12. The van der Waals surface area contributed by atoms with Crippen LogP contribution >= 0.6 is 0 Å². The lowest BCUT2D eigenvalue weighted by molar-refractivity contribution is 0.0728. The molecule has 0 spiro atoms. The lowest BCUT2D eigenvalue weighted by Crippen LogP contribution is -2.40. The molecule has 1 amide bonds. The van der Waals surface area contributed by atoms with Gasteiger partial charge in [0.05, 0.1) is 24.2 Å². The molecule has 9 nitrogen and oxygen atoms in total. The van der Waals surface area contributed by atoms with Crippen molar-refractivity contribution in [2.24, 2.45) is 0 Å². The summed E-state index contributed by atoms with van der Waals surface area (Å²) in [6.45, 7) is 2.08. The summed E-state index contributed by atoms with van der Waals surface area (Å²) in [5.41, 5.74) is 1.20. The van der Waals surface area contributed by atoms with Crippen molar-refractivity contribution in [1.29, 1.82) is 0 Å². The molecular formula is C21H23N5O4S. The van der Waals surface area contributed by atoms with Crippen molar-refractivity contribution in [3.63, 3.8) is 0 Å². The summed E-state index contributed by atoms with van der Waals surface area (Å²) in [4.78, 5) is 15.2. The summed E-state index contributed by atoms with van der Waals surface area (Å²) in [5.74, 6) is 0.610. The Balaban J connectivity index is 1.38. The molecule has 1 aromatic carbocycles. The number of likely N-dealkylation sites (tertiary alicyclic amines) is 1. The molecule has 2 fully saturated rings. The minimum atomic E-state index is -3.59. The fraction of sp³-hybridized carbons (Fsp3) is 0.381. The molecule has 0 radical (unpaired) electrons. The monoisotopic (exact) mass is 441 g/mol. The number of hydrogen-bond acceptors (Lipinski definition) is 6. The molecular weight excluding hydrogens is 418 g/mol. The third-order valence-electron chi connectivity index (χ3n) is 5.86. The van der Waals surface area contributed by atoms with Gasteiger partial charge in [0.1, 0.15) is 0 Å². The number of carbonyl (C=O) groups excluding carboxylic acids is 1. The molecule has 1 atom stereocenters. The van der Waals surface area contributed by atoms with Crippen molar-refractivity contribution in [3.8, 4) is 0 Å². The number of amides is 1. The minimum absolute atomic E-state index is 0.134. The van der Waals surface area contributed by atoms with Gasteiger partial charge in [-0.25, -0.2) is 8.42 Å². The average molecular weight is 442 g/mol. The molecule has 0 unspecified atom stereocenters. The number of morpholine rings is 1. The van der Waals surface area contributed by atoms with Crippen LogP contribution in [0.2, 0.25) is 0 Å². The number of rotatable bonds is 4. The van der Waals surface area contributed by atoms with Crippen LogP contribution in [0.5, 0.6) is 0 Å². The third-order valence-corrected chi connectivity index (χ3v) is 7.77. The van der Waals surface area contributed by atoms with Gasteiger partial charge in [0.25, 0.3) is 5.91 Å². The maximum atomic E-state index is 13.2. The van der Waals surface area contributed by atoms with Gasteiger partial charge in [-0.15, -0.1) is 10.2 Å². The standard InChI is InChI=1S/C21H23N5O4S/c27-21(16-6-8-17(9-7-16)31(28,29)24-12-14-30-15-13-24)25-11-3-4-18(25)20-23-22-19-5-1-2-10-26(19)20/h1-2,5-10,18H,3-4,11-15H2/t18-/m1/s1. The third kappa shape index (κ3) is 3.60. The Morgan fingerprint density at radius 1 is 1.00 bits per heavy atom. The highest BCUT2D eigenvalue weighted by atomic mass is 32.2. The Labute approximate surface area is 180 Å². The predicted octanol–water partition coefficient (Wildman–Crippen LogP) is 1.73. The van der Waals surface area contributed by atoms with Crippen LogP contribution in [-0.2, 0) is 14.8 Å². The van der Waals surface area contributed by atoms with E-state index in [1.807, 2.05) is 28.8 Å². The van der Waals surface area contributed by atoms with Crippen LogP contribution in [0.1, 0.15) is 35.1 Å². The second-order valence-electron chi connectivity index (χ2n) is 7.68. The fourth-order valence-corrected chi connectivity index (χ4v) is 5.64. The maximum Gasteiger partial charge on any atom is 0.254 e. The van der Waals surface area contributed by atoms with Gasteiger partial charge >= 0.3 is 0 Å². The zero-order valence-electron chi connectivity index (χ0n) is 16.9. The van der Waals surface area contributed by atoms with Crippen LogP contribution in [0.4, 0.5) is 0 Å². The molecule has 0 aliphatic carbocycles. The summed E-state index contributed by atoms with van der Waals surface area (Å²) in [5, 5.41) is 8.53. The second kappa shape index (κ2) is 8.03. The number of carbonyl (C=O) groups is 1. The van der Waals surface area contributed by atoms with Crippen LogP contribution in [0, 0.1) is 0 Å². The van der Waals surface area contributed by atoms with Gasteiger partial charge in [-0.3, -0.25) is 9.20 Å². The van der Waals surface area contributed by atoms with E-state index in [2.05, 4.69) is 10.2 Å². The Kier molecular flexibility index (Phi) is 5.20. The number of hydrogen-bond donors (Lipinski definition) is 0. The minimum Gasteiger partial charge on any atom is -0.379 e. The molecule has 2 aliphatic heterocycles. The van der Waals surface area contributed by atoms with Crippen molar-refractivity contribution in [2.45, 2.75) is 23.8 Å². The quantitative estimate of drug-likeness (QED) is 0.612. The molecule has 3 aromatic rings. The molecule has 5 rings (SSSR count). The zero-order valence-corrected chi connectivity index (χ0v) is 17.7. The highest BCUT2D eigenvalue weighted by molar-refractivity contribution is 7.89. The molecule has 2 aliphatic rings. The molecule has 10 heteroatoms. The molecule has 31 heavy (non-hydrogen) atoms. The van der Waals surface area contributed by atoms with Gasteiger partial charge in [0, 0.05) is 31.4 Å². The summed E-state index contributed by atoms with van der Waals surface area (Å²) in [6, 6.07) is 11.7. The molecule has 162 valence electrons. The highest BCUT2D eigenvalue weighted by Gasteiger charge is 2.34. The van der Waals surface area contributed by atoms with E-state index in [0.717, 1.165) is 24.3 Å². The lowest BCUT2D eigenvalue weighted by atomic mass is 10.1. The van der Waals surface area contributed by atoms with Crippen LogP contribution in [0.3, 0.4) is 0 Å². The van der Waals surface area contributed by atoms with E-state index in [1.165, 1.54) is 16.4 Å². The second-order valence-corrected chi connectivity index (χ2v) is 9.62. The number of pyridine rings is 1. The predicted molar refractivity (Wildman–Crippen MR) is 112 cm³/mol. The molecule has 0 N–H and O–H groups in total. The summed E-state index contributed by atoms with van der Waals surface area (Å²) in [6.07, 6.45) is 3.59. The number of ether oxygens (including phenoxy) is 1. The van der Waals surface area contributed by atoms with Crippen molar-refractivity contribution in [2.75, 3.05) is 32.8 Å². The molecule has 0 saturated carbocycles. The Morgan fingerprint density at radius 2 is 1.77 bits per heavy atom. The van der Waals surface area contributed by atoms with E-state index in [1.54, 1.807) is 17.0 Å². The zero-order chi connectivity index (χ0) is 21.4. The van der Waals surface area contributed by atoms with Crippen LogP contribution < -0.4 is 0 Å². The first-order chi connectivity index (χ1) is 15.1. The van der Waals surface area contributed by atoms with Crippen LogP contribution in [0.15, 0.2) is 53.6 Å². The van der Waals surface area contributed by atoms with E-state index >= 15 is 0 Å². The van der Waals surface area contributed by atoms with Crippen molar-refractivity contribution >= 4 is 21.6 Å². The summed E-state index contributed by atoms with van der Waals surface area (Å²) >= 11 is 0. The molecule has 4 heterocycles.